The number of para-hydroxylation sites is 1. The van der Waals surface area contributed by atoms with Gasteiger partial charge in [0.15, 0.2) is 0 Å². The number of hydrogen-bond acceptors (Lipinski definition) is 5. The summed E-state index contributed by atoms with van der Waals surface area (Å²) >= 11 is 0. The molecule has 4 heterocycles. The fourth-order valence-electron chi connectivity index (χ4n) is 3.98. The van der Waals surface area contributed by atoms with Gasteiger partial charge in [0.1, 0.15) is 11.6 Å². The minimum absolute atomic E-state index is 0.690. The summed E-state index contributed by atoms with van der Waals surface area (Å²) in [6.07, 6.45) is 10.4. The number of aryl methyl sites for hydroxylation is 1. The van der Waals surface area contributed by atoms with E-state index in [4.69, 9.17) is 5.10 Å². The van der Waals surface area contributed by atoms with E-state index in [0.717, 1.165) is 47.1 Å². The molecule has 7 heteroatoms. The molecule has 0 spiro atoms. The molecule has 0 amide bonds. The number of hydrogen-bond donors (Lipinski definition) is 1. The molecule has 3 aromatic heterocycles. The van der Waals surface area contributed by atoms with E-state index < -0.39 is 0 Å². The number of rotatable bonds is 6. The molecule has 30 heavy (non-hydrogen) atoms. The van der Waals surface area contributed by atoms with E-state index in [1.165, 1.54) is 19.3 Å². The van der Waals surface area contributed by atoms with Crippen molar-refractivity contribution in [3.8, 4) is 16.9 Å². The van der Waals surface area contributed by atoms with E-state index in [9.17, 15) is 0 Å². The van der Waals surface area contributed by atoms with Crippen molar-refractivity contribution in [1.29, 1.82) is 0 Å². The number of benzene rings is 1. The lowest BCUT2D eigenvalue weighted by atomic mass is 10.1. The molecule has 1 aliphatic heterocycles. The molecule has 0 bridgehead atoms. The predicted molar refractivity (Wildman–Crippen MR) is 115 cm³/mol. The molecule has 0 saturated carbocycles. The highest BCUT2D eigenvalue weighted by atomic mass is 15.3. The molecule has 5 rings (SSSR count). The Kier molecular flexibility index (Phi) is 5.35. The number of aromatic nitrogens is 6. The first-order valence-corrected chi connectivity index (χ1v) is 10.5. The fraction of sp³-hybridized carbons (Fsp3) is 0.304. The molecule has 4 aromatic rings. The van der Waals surface area contributed by atoms with E-state index in [2.05, 4.69) is 43.4 Å². The second-order valence-corrected chi connectivity index (χ2v) is 7.62. The van der Waals surface area contributed by atoms with Gasteiger partial charge in [0.05, 0.1) is 17.9 Å². The van der Waals surface area contributed by atoms with E-state index in [0.29, 0.717) is 13.1 Å². The van der Waals surface area contributed by atoms with Gasteiger partial charge in [0.25, 0.3) is 0 Å². The molecule has 0 atom stereocenters. The Morgan fingerprint density at radius 1 is 0.933 bits per heavy atom. The molecule has 1 aromatic carbocycles. The Labute approximate surface area is 175 Å². The Balaban J connectivity index is 1.37. The Bertz CT molecular complexity index is 1100. The number of fused-ring (bicyclic) bond motifs is 1. The second-order valence-electron chi connectivity index (χ2n) is 7.62. The van der Waals surface area contributed by atoms with Gasteiger partial charge >= 0.3 is 0 Å². The molecule has 1 aliphatic rings. The minimum atomic E-state index is 0.690. The van der Waals surface area contributed by atoms with Crippen LogP contribution in [0.4, 0.5) is 0 Å². The topological polar surface area (TPSA) is 73.5 Å². The van der Waals surface area contributed by atoms with Gasteiger partial charge in [-0.2, -0.15) is 5.10 Å². The van der Waals surface area contributed by atoms with Crippen LogP contribution in [-0.4, -0.2) is 29.5 Å². The molecule has 0 unspecified atom stereocenters. The summed E-state index contributed by atoms with van der Waals surface area (Å²) in [5.74, 6) is 2.14. The van der Waals surface area contributed by atoms with Gasteiger partial charge < -0.3 is 9.88 Å². The Morgan fingerprint density at radius 3 is 2.73 bits per heavy atom. The highest BCUT2D eigenvalue weighted by molar-refractivity contribution is 5.62. The quantitative estimate of drug-likeness (QED) is 0.537. The lowest BCUT2D eigenvalue weighted by molar-refractivity contribution is 0.572. The van der Waals surface area contributed by atoms with Gasteiger partial charge in [-0.15, -0.1) is 10.2 Å². The summed E-state index contributed by atoms with van der Waals surface area (Å²) in [7, 11) is 0. The van der Waals surface area contributed by atoms with E-state index in [1.54, 1.807) is 6.20 Å². The maximum absolute atomic E-state index is 4.85. The zero-order chi connectivity index (χ0) is 20.2. The molecule has 1 N–H and O–H groups in total. The zero-order valence-electron chi connectivity index (χ0n) is 16.9. The minimum Gasteiger partial charge on any atom is -0.314 e. The monoisotopic (exact) mass is 399 g/mol. The lowest BCUT2D eigenvalue weighted by Crippen LogP contribution is -2.17. The largest absolute Gasteiger partial charge is 0.314 e. The normalized spacial score (nSPS) is 13.7. The van der Waals surface area contributed by atoms with Crippen LogP contribution >= 0.6 is 0 Å². The number of nitrogens with zero attached hydrogens (tertiary/aromatic N) is 6. The van der Waals surface area contributed by atoms with Gasteiger partial charge in [0.2, 0.25) is 0 Å². The van der Waals surface area contributed by atoms with Crippen LogP contribution in [-0.2, 0) is 26.1 Å². The van der Waals surface area contributed by atoms with E-state index in [-0.39, 0.29) is 0 Å². The summed E-state index contributed by atoms with van der Waals surface area (Å²) < 4.78 is 4.22. The highest BCUT2D eigenvalue weighted by Gasteiger charge is 2.16. The van der Waals surface area contributed by atoms with Gasteiger partial charge in [0, 0.05) is 49.2 Å². The molecule has 152 valence electrons. The molecular formula is C23H25N7. The average Bonchev–Trinajstić information content (AvgIpc) is 3.32. The molecule has 0 aliphatic carbocycles. The smallest absolute Gasteiger partial charge is 0.147 e. The second kappa shape index (κ2) is 8.59. The SMILES string of the molecule is c1ccc(-n2cc(CNCc3nnc4n3CCCCC4)c(-c3cccnc3)n2)cc1. The number of nitrogens with one attached hydrogen (secondary N) is 1. The Morgan fingerprint density at radius 2 is 1.87 bits per heavy atom. The molecule has 0 saturated heterocycles. The van der Waals surface area contributed by atoms with Crippen molar-refractivity contribution < 1.29 is 0 Å². The molecular weight excluding hydrogens is 374 g/mol. The van der Waals surface area contributed by atoms with Crippen molar-refractivity contribution in [3.63, 3.8) is 0 Å². The van der Waals surface area contributed by atoms with Crippen LogP contribution in [0.5, 0.6) is 0 Å². The van der Waals surface area contributed by atoms with Gasteiger partial charge in [-0.25, -0.2) is 4.68 Å². The maximum Gasteiger partial charge on any atom is 0.147 e. The van der Waals surface area contributed by atoms with Crippen LogP contribution in [0, 0.1) is 0 Å². The highest BCUT2D eigenvalue weighted by Crippen LogP contribution is 2.23. The van der Waals surface area contributed by atoms with Crippen LogP contribution in [0.3, 0.4) is 0 Å². The zero-order valence-corrected chi connectivity index (χ0v) is 16.9. The third-order valence-corrected chi connectivity index (χ3v) is 5.53. The van der Waals surface area contributed by atoms with Crippen molar-refractivity contribution >= 4 is 0 Å². The van der Waals surface area contributed by atoms with Crippen molar-refractivity contribution in [2.24, 2.45) is 0 Å². The van der Waals surface area contributed by atoms with E-state index >= 15 is 0 Å². The summed E-state index contributed by atoms with van der Waals surface area (Å²) in [5, 5.41) is 17.2. The van der Waals surface area contributed by atoms with Gasteiger partial charge in [-0.3, -0.25) is 4.98 Å². The Hall–Kier alpha value is -3.32. The third-order valence-electron chi connectivity index (χ3n) is 5.53. The predicted octanol–water partition coefficient (Wildman–Crippen LogP) is 3.54. The van der Waals surface area contributed by atoms with Crippen molar-refractivity contribution in [1.82, 2.24) is 34.8 Å². The van der Waals surface area contributed by atoms with Crippen molar-refractivity contribution in [2.75, 3.05) is 0 Å². The molecule has 0 radical (unpaired) electrons. The fourth-order valence-corrected chi connectivity index (χ4v) is 3.98. The van der Waals surface area contributed by atoms with Crippen LogP contribution in [0.2, 0.25) is 0 Å². The van der Waals surface area contributed by atoms with Gasteiger partial charge in [-0.1, -0.05) is 24.6 Å². The summed E-state index contributed by atoms with van der Waals surface area (Å²) in [5.41, 5.74) is 4.12. The summed E-state index contributed by atoms with van der Waals surface area (Å²) in [6, 6.07) is 14.2. The summed E-state index contributed by atoms with van der Waals surface area (Å²) in [4.78, 5) is 4.27. The molecule has 7 nitrogen and oxygen atoms in total. The maximum atomic E-state index is 4.85. The third kappa shape index (κ3) is 3.89. The van der Waals surface area contributed by atoms with E-state index in [1.807, 2.05) is 41.2 Å². The lowest BCUT2D eigenvalue weighted by Gasteiger charge is -2.08. The number of pyridine rings is 1. The van der Waals surface area contributed by atoms with Crippen LogP contribution in [0.25, 0.3) is 16.9 Å². The standard InChI is InChI=1S/C23H25N7/c1-3-9-20(10-4-1)30-17-19(23(28-30)18-8-7-12-24-14-18)15-25-16-22-27-26-21-11-5-2-6-13-29(21)22/h1,3-4,7-10,12,14,17,25H,2,5-6,11,13,15-16H2. The first-order chi connectivity index (χ1) is 14.9. The summed E-state index contributed by atoms with van der Waals surface area (Å²) in [6.45, 7) is 2.40. The van der Waals surface area contributed by atoms with Gasteiger partial charge in [-0.05, 0) is 37.1 Å². The molecule has 0 fully saturated rings. The first-order valence-electron chi connectivity index (χ1n) is 10.5. The van der Waals surface area contributed by atoms with Crippen molar-refractivity contribution in [2.45, 2.75) is 45.3 Å². The van der Waals surface area contributed by atoms with Crippen LogP contribution < -0.4 is 5.32 Å². The van der Waals surface area contributed by atoms with Crippen LogP contribution in [0.15, 0.2) is 61.1 Å². The first kappa shape index (κ1) is 18.7. The van der Waals surface area contributed by atoms with Crippen molar-refractivity contribution in [3.05, 3.63) is 78.3 Å². The van der Waals surface area contributed by atoms with Crippen LogP contribution in [0.1, 0.15) is 36.5 Å². The average molecular weight is 400 g/mol.